The standard InChI is InChI=1S/C17H13BrF3NO3/c18-13-7-5-11(6-8-13)16(24)22-9-15(23)25-10-12-3-1-2-4-14(12)17(19,20)21/h1-8H,9-10H2,(H,22,24). The van der Waals surface area contributed by atoms with E-state index in [4.69, 9.17) is 4.74 Å². The average Bonchev–Trinajstić information content (AvgIpc) is 2.58. The highest BCUT2D eigenvalue weighted by Gasteiger charge is 2.33. The van der Waals surface area contributed by atoms with Gasteiger partial charge in [-0.05, 0) is 30.3 Å². The molecule has 0 aromatic heterocycles. The fraction of sp³-hybridized carbons (Fsp3) is 0.176. The van der Waals surface area contributed by atoms with E-state index in [0.29, 0.717) is 5.56 Å². The maximum Gasteiger partial charge on any atom is 0.416 e. The predicted molar refractivity (Wildman–Crippen MR) is 87.7 cm³/mol. The number of benzene rings is 2. The first kappa shape index (κ1) is 19.0. The number of amides is 1. The Bertz CT molecular complexity index is 760. The molecule has 25 heavy (non-hydrogen) atoms. The van der Waals surface area contributed by atoms with Gasteiger partial charge in [-0.2, -0.15) is 13.2 Å². The summed E-state index contributed by atoms with van der Waals surface area (Å²) in [6.07, 6.45) is -4.53. The van der Waals surface area contributed by atoms with Crippen molar-refractivity contribution in [2.24, 2.45) is 0 Å². The molecule has 0 heterocycles. The van der Waals surface area contributed by atoms with Crippen molar-refractivity contribution in [3.63, 3.8) is 0 Å². The summed E-state index contributed by atoms with van der Waals surface area (Å²) in [6.45, 7) is -0.967. The van der Waals surface area contributed by atoms with Crippen LogP contribution in [0.25, 0.3) is 0 Å². The first-order valence-electron chi connectivity index (χ1n) is 7.12. The SMILES string of the molecule is O=C(CNC(=O)c1ccc(Br)cc1)OCc1ccccc1C(F)(F)F. The Morgan fingerprint density at radius 2 is 1.68 bits per heavy atom. The minimum atomic E-state index is -4.53. The molecule has 0 atom stereocenters. The molecule has 0 unspecified atom stereocenters. The van der Waals surface area contributed by atoms with Crippen molar-refractivity contribution in [2.45, 2.75) is 12.8 Å². The van der Waals surface area contributed by atoms with Crippen LogP contribution in [0.4, 0.5) is 13.2 Å². The largest absolute Gasteiger partial charge is 0.459 e. The van der Waals surface area contributed by atoms with Crippen LogP contribution in [-0.2, 0) is 22.3 Å². The molecule has 0 aliphatic rings. The lowest BCUT2D eigenvalue weighted by Crippen LogP contribution is -2.30. The Labute approximate surface area is 150 Å². The van der Waals surface area contributed by atoms with Gasteiger partial charge in [-0.3, -0.25) is 9.59 Å². The molecule has 2 rings (SSSR count). The number of ether oxygens (including phenoxy) is 1. The Hall–Kier alpha value is -2.35. The van der Waals surface area contributed by atoms with Gasteiger partial charge in [-0.25, -0.2) is 0 Å². The van der Waals surface area contributed by atoms with Crippen LogP contribution in [0.2, 0.25) is 0 Å². The highest BCUT2D eigenvalue weighted by atomic mass is 79.9. The minimum absolute atomic E-state index is 0.150. The monoisotopic (exact) mass is 415 g/mol. The number of halogens is 4. The molecule has 0 aliphatic heterocycles. The Morgan fingerprint density at radius 3 is 2.32 bits per heavy atom. The second-order valence-electron chi connectivity index (χ2n) is 5.01. The minimum Gasteiger partial charge on any atom is -0.459 e. The first-order valence-corrected chi connectivity index (χ1v) is 7.91. The molecule has 2 aromatic carbocycles. The van der Waals surface area contributed by atoms with Crippen LogP contribution in [-0.4, -0.2) is 18.4 Å². The summed E-state index contributed by atoms with van der Waals surface area (Å²) in [7, 11) is 0. The van der Waals surface area contributed by atoms with Crippen molar-refractivity contribution >= 4 is 27.8 Å². The second kappa shape index (κ2) is 8.15. The molecular weight excluding hydrogens is 403 g/mol. The van der Waals surface area contributed by atoms with Crippen molar-refractivity contribution < 1.29 is 27.5 Å². The lowest BCUT2D eigenvalue weighted by molar-refractivity contribution is -0.146. The Morgan fingerprint density at radius 1 is 1.04 bits per heavy atom. The predicted octanol–water partition coefficient (Wildman–Crippen LogP) is 3.94. The molecule has 0 fully saturated rings. The molecule has 0 spiro atoms. The van der Waals surface area contributed by atoms with E-state index in [1.165, 1.54) is 18.2 Å². The summed E-state index contributed by atoms with van der Waals surface area (Å²) < 4.78 is 44.1. The zero-order valence-electron chi connectivity index (χ0n) is 12.8. The smallest absolute Gasteiger partial charge is 0.416 e. The Kier molecular flexibility index (Phi) is 6.19. The number of alkyl halides is 3. The lowest BCUT2D eigenvalue weighted by Gasteiger charge is -2.13. The molecular formula is C17H13BrF3NO3. The van der Waals surface area contributed by atoms with Gasteiger partial charge in [0, 0.05) is 15.6 Å². The molecule has 0 saturated heterocycles. The van der Waals surface area contributed by atoms with Gasteiger partial charge in [0.25, 0.3) is 5.91 Å². The van der Waals surface area contributed by atoms with Crippen LogP contribution >= 0.6 is 15.9 Å². The number of hydrogen-bond acceptors (Lipinski definition) is 3. The molecule has 8 heteroatoms. The molecule has 1 N–H and O–H groups in total. The second-order valence-corrected chi connectivity index (χ2v) is 5.92. The van der Waals surface area contributed by atoms with E-state index in [9.17, 15) is 22.8 Å². The molecule has 0 aliphatic carbocycles. The van der Waals surface area contributed by atoms with Gasteiger partial charge in [0.05, 0.1) is 5.56 Å². The molecule has 2 aromatic rings. The maximum absolute atomic E-state index is 12.8. The lowest BCUT2D eigenvalue weighted by atomic mass is 10.1. The van der Waals surface area contributed by atoms with Gasteiger partial charge in [0.15, 0.2) is 0 Å². The van der Waals surface area contributed by atoms with Crippen molar-refractivity contribution in [1.29, 1.82) is 0 Å². The summed E-state index contributed by atoms with van der Waals surface area (Å²) in [5.41, 5.74) is -0.664. The van der Waals surface area contributed by atoms with E-state index in [2.05, 4.69) is 21.2 Å². The van der Waals surface area contributed by atoms with E-state index in [0.717, 1.165) is 10.5 Å². The third-order valence-corrected chi connectivity index (χ3v) is 3.74. The van der Waals surface area contributed by atoms with Gasteiger partial charge < -0.3 is 10.1 Å². The van der Waals surface area contributed by atoms with Crippen LogP contribution in [0.3, 0.4) is 0 Å². The van der Waals surface area contributed by atoms with Gasteiger partial charge in [-0.1, -0.05) is 34.1 Å². The normalized spacial score (nSPS) is 11.0. The summed E-state index contributed by atoms with van der Waals surface area (Å²) in [5, 5.41) is 2.35. The van der Waals surface area contributed by atoms with Crippen LogP contribution in [0.15, 0.2) is 53.0 Å². The van der Waals surface area contributed by atoms with Crippen molar-refractivity contribution in [1.82, 2.24) is 5.32 Å². The fourth-order valence-corrected chi connectivity index (χ4v) is 2.25. The van der Waals surface area contributed by atoms with Crippen LogP contribution in [0.1, 0.15) is 21.5 Å². The quantitative estimate of drug-likeness (QED) is 0.752. The number of esters is 1. The van der Waals surface area contributed by atoms with Crippen molar-refractivity contribution in [3.8, 4) is 0 Å². The maximum atomic E-state index is 12.8. The first-order chi connectivity index (χ1) is 11.8. The highest BCUT2D eigenvalue weighted by Crippen LogP contribution is 2.32. The van der Waals surface area contributed by atoms with E-state index >= 15 is 0 Å². The molecule has 0 bridgehead atoms. The van der Waals surface area contributed by atoms with Crippen LogP contribution in [0.5, 0.6) is 0 Å². The molecule has 4 nitrogen and oxygen atoms in total. The molecule has 1 amide bonds. The van der Waals surface area contributed by atoms with Gasteiger partial charge in [-0.15, -0.1) is 0 Å². The number of nitrogens with one attached hydrogen (secondary N) is 1. The van der Waals surface area contributed by atoms with Crippen LogP contribution < -0.4 is 5.32 Å². The summed E-state index contributed by atoms with van der Waals surface area (Å²) in [6, 6.07) is 11.3. The van der Waals surface area contributed by atoms with E-state index in [-0.39, 0.29) is 5.56 Å². The summed E-state index contributed by atoms with van der Waals surface area (Å²) in [5.74, 6) is -1.32. The zero-order chi connectivity index (χ0) is 18.4. The van der Waals surface area contributed by atoms with Gasteiger partial charge >= 0.3 is 12.1 Å². The fourth-order valence-electron chi connectivity index (χ4n) is 1.99. The molecule has 0 saturated carbocycles. The van der Waals surface area contributed by atoms with E-state index in [1.807, 2.05) is 0 Å². The average molecular weight is 416 g/mol. The van der Waals surface area contributed by atoms with Crippen molar-refractivity contribution in [3.05, 3.63) is 69.7 Å². The third-order valence-electron chi connectivity index (χ3n) is 3.21. The zero-order valence-corrected chi connectivity index (χ0v) is 14.4. The summed E-state index contributed by atoms with van der Waals surface area (Å²) >= 11 is 3.23. The molecule has 0 radical (unpaired) electrons. The number of carbonyl (C=O) groups is 2. The van der Waals surface area contributed by atoms with Gasteiger partial charge in [0.2, 0.25) is 0 Å². The van der Waals surface area contributed by atoms with E-state index < -0.39 is 36.8 Å². The van der Waals surface area contributed by atoms with Gasteiger partial charge in [0.1, 0.15) is 13.2 Å². The van der Waals surface area contributed by atoms with Crippen LogP contribution in [0, 0.1) is 0 Å². The molecule has 132 valence electrons. The number of carbonyl (C=O) groups excluding carboxylic acids is 2. The number of rotatable bonds is 5. The van der Waals surface area contributed by atoms with E-state index in [1.54, 1.807) is 24.3 Å². The Balaban J connectivity index is 1.87. The highest BCUT2D eigenvalue weighted by molar-refractivity contribution is 9.10. The third kappa shape index (κ3) is 5.60. The summed E-state index contributed by atoms with van der Waals surface area (Å²) in [4.78, 5) is 23.5. The number of hydrogen-bond donors (Lipinski definition) is 1. The van der Waals surface area contributed by atoms with Crippen molar-refractivity contribution in [2.75, 3.05) is 6.54 Å². The topological polar surface area (TPSA) is 55.4 Å².